The van der Waals surface area contributed by atoms with Crippen molar-refractivity contribution in [2.24, 2.45) is 0 Å². The van der Waals surface area contributed by atoms with Crippen LogP contribution in [0.3, 0.4) is 0 Å². The Bertz CT molecular complexity index is 939. The van der Waals surface area contributed by atoms with Crippen molar-refractivity contribution in [3.8, 4) is 17.1 Å². The molecule has 0 aliphatic heterocycles. The lowest BCUT2D eigenvalue weighted by atomic mass is 10.1. The van der Waals surface area contributed by atoms with Crippen molar-refractivity contribution in [3.05, 3.63) is 65.0 Å². The van der Waals surface area contributed by atoms with Gasteiger partial charge in [-0.2, -0.15) is 4.98 Å². The lowest BCUT2D eigenvalue weighted by molar-refractivity contribution is 0.0943. The molecule has 1 amide bonds. The molecular formula is C20H20ClN3O3. The van der Waals surface area contributed by atoms with E-state index < -0.39 is 6.10 Å². The van der Waals surface area contributed by atoms with Gasteiger partial charge in [0.1, 0.15) is 5.75 Å². The van der Waals surface area contributed by atoms with Crippen molar-refractivity contribution < 1.29 is 14.1 Å². The largest absolute Gasteiger partial charge is 0.481 e. The van der Waals surface area contributed by atoms with Crippen LogP contribution < -0.4 is 10.1 Å². The van der Waals surface area contributed by atoms with Gasteiger partial charge in [0.25, 0.3) is 11.8 Å². The van der Waals surface area contributed by atoms with Crippen molar-refractivity contribution in [1.82, 2.24) is 15.5 Å². The van der Waals surface area contributed by atoms with Gasteiger partial charge in [-0.05, 0) is 51.1 Å². The van der Waals surface area contributed by atoms with Gasteiger partial charge in [-0.3, -0.25) is 4.79 Å². The highest BCUT2D eigenvalue weighted by Gasteiger charge is 2.18. The summed E-state index contributed by atoms with van der Waals surface area (Å²) in [5.74, 6) is 1.20. The van der Waals surface area contributed by atoms with Gasteiger partial charge in [0.15, 0.2) is 6.10 Å². The van der Waals surface area contributed by atoms with E-state index in [0.29, 0.717) is 33.6 Å². The van der Waals surface area contributed by atoms with E-state index in [1.165, 1.54) is 0 Å². The molecule has 1 heterocycles. The summed E-state index contributed by atoms with van der Waals surface area (Å²) in [5.41, 5.74) is 1.23. The standard InChI is InChI=1S/C20H20ClN3O3/c1-12(2)22-19(25)15-7-4-6-14(10-15)18-23-20(27-24-18)13(3)26-17-9-5-8-16(21)11-17/h4-13H,1-3H3,(H,22,25). The molecular weight excluding hydrogens is 366 g/mol. The fourth-order valence-electron chi connectivity index (χ4n) is 2.46. The predicted molar refractivity (Wildman–Crippen MR) is 103 cm³/mol. The Labute approximate surface area is 162 Å². The molecule has 6 nitrogen and oxygen atoms in total. The first-order valence-corrected chi connectivity index (χ1v) is 8.97. The fourth-order valence-corrected chi connectivity index (χ4v) is 2.64. The van der Waals surface area contributed by atoms with Crippen molar-refractivity contribution >= 4 is 17.5 Å². The Morgan fingerprint density at radius 1 is 1.15 bits per heavy atom. The van der Waals surface area contributed by atoms with Crippen molar-refractivity contribution in [2.75, 3.05) is 0 Å². The highest BCUT2D eigenvalue weighted by molar-refractivity contribution is 6.30. The second kappa shape index (κ2) is 8.22. The van der Waals surface area contributed by atoms with Crippen LogP contribution in [0.15, 0.2) is 53.1 Å². The average Bonchev–Trinajstić information content (AvgIpc) is 3.11. The highest BCUT2D eigenvalue weighted by atomic mass is 35.5. The summed E-state index contributed by atoms with van der Waals surface area (Å²) >= 11 is 5.97. The molecule has 27 heavy (non-hydrogen) atoms. The third-order valence-electron chi connectivity index (χ3n) is 3.70. The van der Waals surface area contributed by atoms with Gasteiger partial charge in [-0.1, -0.05) is 35.0 Å². The van der Waals surface area contributed by atoms with E-state index in [1.54, 1.807) is 42.5 Å². The maximum atomic E-state index is 12.2. The summed E-state index contributed by atoms with van der Waals surface area (Å²) in [4.78, 5) is 16.6. The number of aromatic nitrogens is 2. The van der Waals surface area contributed by atoms with Crippen molar-refractivity contribution in [2.45, 2.75) is 32.9 Å². The quantitative estimate of drug-likeness (QED) is 0.667. The first-order chi connectivity index (χ1) is 12.9. The SMILES string of the molecule is CC(C)NC(=O)c1cccc(-c2noc(C(C)Oc3cccc(Cl)c3)n2)c1. The molecule has 7 heteroatoms. The number of benzene rings is 2. The molecule has 0 saturated carbocycles. The first kappa shape index (κ1) is 18.9. The molecule has 140 valence electrons. The van der Waals surface area contributed by atoms with E-state index in [2.05, 4.69) is 15.5 Å². The summed E-state index contributed by atoms with van der Waals surface area (Å²) in [6.45, 7) is 5.63. The number of rotatable bonds is 6. The molecule has 0 spiro atoms. The second-order valence-electron chi connectivity index (χ2n) is 6.38. The molecule has 3 aromatic rings. The molecule has 1 aromatic heterocycles. The van der Waals surface area contributed by atoms with Gasteiger partial charge in [0.2, 0.25) is 5.82 Å². The molecule has 1 unspecified atom stereocenters. The lowest BCUT2D eigenvalue weighted by Gasteiger charge is -2.10. The molecule has 1 N–H and O–H groups in total. The van der Waals surface area contributed by atoms with Crippen LogP contribution in [0.5, 0.6) is 5.75 Å². The maximum Gasteiger partial charge on any atom is 0.267 e. The second-order valence-corrected chi connectivity index (χ2v) is 6.82. The summed E-state index contributed by atoms with van der Waals surface area (Å²) in [6, 6.07) is 14.2. The van der Waals surface area contributed by atoms with Crippen LogP contribution in [-0.4, -0.2) is 22.1 Å². The van der Waals surface area contributed by atoms with Gasteiger partial charge >= 0.3 is 0 Å². The Kier molecular flexibility index (Phi) is 5.76. The highest BCUT2D eigenvalue weighted by Crippen LogP contribution is 2.25. The number of amides is 1. The van der Waals surface area contributed by atoms with Crippen LogP contribution in [0, 0.1) is 0 Å². The molecule has 0 aliphatic carbocycles. The maximum absolute atomic E-state index is 12.2. The van der Waals surface area contributed by atoms with Gasteiger partial charge in [-0.25, -0.2) is 0 Å². The van der Waals surface area contributed by atoms with E-state index in [1.807, 2.05) is 26.8 Å². The van der Waals surface area contributed by atoms with E-state index in [-0.39, 0.29) is 11.9 Å². The van der Waals surface area contributed by atoms with E-state index >= 15 is 0 Å². The number of halogens is 1. The topological polar surface area (TPSA) is 77.2 Å². The minimum Gasteiger partial charge on any atom is -0.481 e. The van der Waals surface area contributed by atoms with E-state index in [4.69, 9.17) is 20.9 Å². The molecule has 1 atom stereocenters. The number of ether oxygens (including phenoxy) is 1. The van der Waals surface area contributed by atoms with E-state index in [0.717, 1.165) is 0 Å². The predicted octanol–water partition coefficient (Wildman–Crippen LogP) is 4.67. The minimum atomic E-state index is -0.447. The number of hydrogen-bond donors (Lipinski definition) is 1. The van der Waals surface area contributed by atoms with Crippen LogP contribution in [0.25, 0.3) is 11.4 Å². The van der Waals surface area contributed by atoms with Crippen LogP contribution >= 0.6 is 11.6 Å². The Balaban J connectivity index is 1.76. The van der Waals surface area contributed by atoms with Gasteiger partial charge < -0.3 is 14.6 Å². The van der Waals surface area contributed by atoms with Crippen LogP contribution in [-0.2, 0) is 0 Å². The molecule has 3 rings (SSSR count). The smallest absolute Gasteiger partial charge is 0.267 e. The number of nitrogens with zero attached hydrogens (tertiary/aromatic N) is 2. The zero-order valence-corrected chi connectivity index (χ0v) is 16.0. The Morgan fingerprint density at radius 2 is 1.93 bits per heavy atom. The fraction of sp³-hybridized carbons (Fsp3) is 0.250. The van der Waals surface area contributed by atoms with E-state index in [9.17, 15) is 4.79 Å². The monoisotopic (exact) mass is 385 g/mol. The molecule has 0 fully saturated rings. The molecule has 0 bridgehead atoms. The summed E-state index contributed by atoms with van der Waals surface area (Å²) in [5, 5.41) is 7.45. The Hall–Kier alpha value is -2.86. The van der Waals surface area contributed by atoms with Crippen LogP contribution in [0.2, 0.25) is 5.02 Å². The number of carbonyl (C=O) groups excluding carboxylic acids is 1. The first-order valence-electron chi connectivity index (χ1n) is 8.59. The van der Waals surface area contributed by atoms with Gasteiger partial charge in [0, 0.05) is 22.2 Å². The van der Waals surface area contributed by atoms with Gasteiger partial charge in [-0.15, -0.1) is 0 Å². The number of carbonyl (C=O) groups is 1. The van der Waals surface area contributed by atoms with Crippen LogP contribution in [0.1, 0.15) is 43.1 Å². The number of nitrogens with one attached hydrogen (secondary N) is 1. The average molecular weight is 386 g/mol. The third-order valence-corrected chi connectivity index (χ3v) is 3.94. The molecule has 0 radical (unpaired) electrons. The lowest BCUT2D eigenvalue weighted by Crippen LogP contribution is -2.30. The molecule has 0 aliphatic rings. The zero-order valence-electron chi connectivity index (χ0n) is 15.3. The Morgan fingerprint density at radius 3 is 2.67 bits per heavy atom. The third kappa shape index (κ3) is 4.86. The van der Waals surface area contributed by atoms with Crippen molar-refractivity contribution in [3.63, 3.8) is 0 Å². The summed E-state index contributed by atoms with van der Waals surface area (Å²) < 4.78 is 11.1. The summed E-state index contributed by atoms with van der Waals surface area (Å²) in [6.07, 6.45) is -0.447. The molecule has 0 saturated heterocycles. The molecule has 2 aromatic carbocycles. The zero-order chi connectivity index (χ0) is 19.4. The minimum absolute atomic E-state index is 0.0578. The summed E-state index contributed by atoms with van der Waals surface area (Å²) in [7, 11) is 0. The normalized spacial score (nSPS) is 12.0. The van der Waals surface area contributed by atoms with Crippen molar-refractivity contribution in [1.29, 1.82) is 0 Å². The van der Waals surface area contributed by atoms with Gasteiger partial charge in [0.05, 0.1) is 0 Å². The van der Waals surface area contributed by atoms with Crippen LogP contribution in [0.4, 0.5) is 0 Å². The number of hydrogen-bond acceptors (Lipinski definition) is 5.